The molecule has 0 fully saturated rings. The van der Waals surface area contributed by atoms with Crippen molar-refractivity contribution in [3.63, 3.8) is 0 Å². The summed E-state index contributed by atoms with van der Waals surface area (Å²) in [6, 6.07) is 0. The fourth-order valence-corrected chi connectivity index (χ4v) is 2.09. The largest absolute Gasteiger partial charge is 0.369 e. The molecule has 0 spiro atoms. The molecular formula is C9H9IN4S. The third kappa shape index (κ3) is 2.43. The SMILES string of the molecule is CCNc1nc(-c2cscn2)ncc1I. The zero-order valence-electron chi connectivity index (χ0n) is 8.07. The number of thiazole rings is 1. The molecule has 2 heterocycles. The van der Waals surface area contributed by atoms with Crippen LogP contribution in [0.25, 0.3) is 11.5 Å². The molecule has 0 bridgehead atoms. The number of rotatable bonds is 3. The van der Waals surface area contributed by atoms with E-state index in [-0.39, 0.29) is 0 Å². The molecule has 0 aromatic carbocycles. The first-order valence-electron chi connectivity index (χ1n) is 4.46. The van der Waals surface area contributed by atoms with Crippen LogP contribution >= 0.6 is 33.9 Å². The van der Waals surface area contributed by atoms with Crippen molar-refractivity contribution in [2.45, 2.75) is 6.92 Å². The van der Waals surface area contributed by atoms with E-state index in [1.807, 2.05) is 12.3 Å². The molecule has 0 unspecified atom stereocenters. The summed E-state index contributed by atoms with van der Waals surface area (Å²) in [4.78, 5) is 12.8. The summed E-state index contributed by atoms with van der Waals surface area (Å²) in [7, 11) is 0. The molecule has 0 saturated heterocycles. The van der Waals surface area contributed by atoms with E-state index in [2.05, 4.69) is 42.9 Å². The average Bonchev–Trinajstić information content (AvgIpc) is 2.75. The summed E-state index contributed by atoms with van der Waals surface area (Å²) in [5, 5.41) is 5.14. The third-order valence-corrected chi connectivity index (χ3v) is 3.13. The van der Waals surface area contributed by atoms with Crippen LogP contribution in [0.2, 0.25) is 0 Å². The Morgan fingerprint density at radius 3 is 3.00 bits per heavy atom. The summed E-state index contributed by atoms with van der Waals surface area (Å²) in [6.07, 6.45) is 1.81. The van der Waals surface area contributed by atoms with Crippen LogP contribution in [0.5, 0.6) is 0 Å². The minimum atomic E-state index is 0.674. The van der Waals surface area contributed by atoms with E-state index in [0.717, 1.165) is 21.6 Å². The lowest BCUT2D eigenvalue weighted by atomic mass is 10.4. The van der Waals surface area contributed by atoms with Crippen molar-refractivity contribution in [2.75, 3.05) is 11.9 Å². The maximum atomic E-state index is 4.42. The van der Waals surface area contributed by atoms with Gasteiger partial charge in [-0.15, -0.1) is 11.3 Å². The monoisotopic (exact) mass is 332 g/mol. The smallest absolute Gasteiger partial charge is 0.181 e. The molecule has 4 nitrogen and oxygen atoms in total. The van der Waals surface area contributed by atoms with Gasteiger partial charge in [0.15, 0.2) is 5.82 Å². The lowest BCUT2D eigenvalue weighted by Crippen LogP contribution is -2.03. The van der Waals surface area contributed by atoms with Gasteiger partial charge in [0.2, 0.25) is 0 Å². The molecule has 0 aliphatic rings. The molecule has 0 aliphatic carbocycles. The Kier molecular flexibility index (Phi) is 3.47. The van der Waals surface area contributed by atoms with Crippen LogP contribution in [-0.2, 0) is 0 Å². The highest BCUT2D eigenvalue weighted by Crippen LogP contribution is 2.20. The average molecular weight is 332 g/mol. The Balaban J connectivity index is 2.38. The van der Waals surface area contributed by atoms with Crippen molar-refractivity contribution >= 4 is 39.7 Å². The quantitative estimate of drug-likeness (QED) is 0.878. The Morgan fingerprint density at radius 2 is 2.33 bits per heavy atom. The topological polar surface area (TPSA) is 50.7 Å². The molecule has 15 heavy (non-hydrogen) atoms. The first-order valence-corrected chi connectivity index (χ1v) is 6.48. The first kappa shape index (κ1) is 10.7. The lowest BCUT2D eigenvalue weighted by molar-refractivity contribution is 1.09. The highest BCUT2D eigenvalue weighted by molar-refractivity contribution is 14.1. The van der Waals surface area contributed by atoms with E-state index in [9.17, 15) is 0 Å². The minimum Gasteiger partial charge on any atom is -0.369 e. The van der Waals surface area contributed by atoms with Gasteiger partial charge in [0.25, 0.3) is 0 Å². The van der Waals surface area contributed by atoms with Gasteiger partial charge < -0.3 is 5.32 Å². The van der Waals surface area contributed by atoms with Crippen molar-refractivity contribution in [3.05, 3.63) is 20.7 Å². The van der Waals surface area contributed by atoms with Gasteiger partial charge in [-0.1, -0.05) is 0 Å². The number of halogens is 1. The Labute approximate surface area is 105 Å². The summed E-state index contributed by atoms with van der Waals surface area (Å²) < 4.78 is 1.02. The molecule has 6 heteroatoms. The highest BCUT2D eigenvalue weighted by Gasteiger charge is 2.07. The second kappa shape index (κ2) is 4.84. The zero-order valence-corrected chi connectivity index (χ0v) is 11.0. The van der Waals surface area contributed by atoms with Gasteiger partial charge in [-0.05, 0) is 29.5 Å². The van der Waals surface area contributed by atoms with E-state index in [4.69, 9.17) is 0 Å². The van der Waals surface area contributed by atoms with E-state index >= 15 is 0 Å². The van der Waals surface area contributed by atoms with E-state index in [0.29, 0.717) is 5.82 Å². The van der Waals surface area contributed by atoms with Gasteiger partial charge in [0.1, 0.15) is 11.5 Å². The van der Waals surface area contributed by atoms with Crippen LogP contribution in [0.3, 0.4) is 0 Å². The standard InChI is InChI=1S/C9H9IN4S/c1-2-11-8-6(10)3-12-9(14-8)7-4-15-5-13-7/h3-5H,2H2,1H3,(H,11,12,14). The van der Waals surface area contributed by atoms with Crippen LogP contribution in [0.15, 0.2) is 17.1 Å². The predicted octanol–water partition coefficient (Wildman–Crippen LogP) is 2.64. The highest BCUT2D eigenvalue weighted by atomic mass is 127. The summed E-state index contributed by atoms with van der Waals surface area (Å²) in [5.41, 5.74) is 2.61. The summed E-state index contributed by atoms with van der Waals surface area (Å²) in [6.45, 7) is 2.89. The number of hydrogen-bond donors (Lipinski definition) is 1. The Morgan fingerprint density at radius 1 is 1.47 bits per heavy atom. The van der Waals surface area contributed by atoms with Gasteiger partial charge in [-0.25, -0.2) is 15.0 Å². The van der Waals surface area contributed by atoms with E-state index in [1.165, 1.54) is 0 Å². The molecule has 78 valence electrons. The lowest BCUT2D eigenvalue weighted by Gasteiger charge is -2.05. The summed E-state index contributed by atoms with van der Waals surface area (Å²) in [5.74, 6) is 1.55. The van der Waals surface area contributed by atoms with E-state index in [1.54, 1.807) is 23.0 Å². The van der Waals surface area contributed by atoms with Gasteiger partial charge in [0.05, 0.1) is 9.08 Å². The number of nitrogens with zero attached hydrogens (tertiary/aromatic N) is 3. The number of hydrogen-bond acceptors (Lipinski definition) is 5. The Hall–Kier alpha value is -0.760. The molecule has 2 aromatic rings. The number of nitrogens with one attached hydrogen (secondary N) is 1. The molecule has 1 N–H and O–H groups in total. The second-order valence-electron chi connectivity index (χ2n) is 2.79. The van der Waals surface area contributed by atoms with Crippen LogP contribution < -0.4 is 5.32 Å². The van der Waals surface area contributed by atoms with Crippen molar-refractivity contribution in [1.29, 1.82) is 0 Å². The first-order chi connectivity index (χ1) is 7.31. The Bertz CT molecular complexity index is 443. The molecule has 0 amide bonds. The van der Waals surface area contributed by atoms with Gasteiger partial charge >= 0.3 is 0 Å². The summed E-state index contributed by atoms with van der Waals surface area (Å²) >= 11 is 3.76. The van der Waals surface area contributed by atoms with Crippen molar-refractivity contribution in [3.8, 4) is 11.5 Å². The van der Waals surface area contributed by atoms with Crippen molar-refractivity contribution in [2.24, 2.45) is 0 Å². The van der Waals surface area contributed by atoms with Gasteiger partial charge in [0, 0.05) is 18.1 Å². The fraction of sp³-hybridized carbons (Fsp3) is 0.222. The maximum absolute atomic E-state index is 4.42. The second-order valence-corrected chi connectivity index (χ2v) is 4.68. The maximum Gasteiger partial charge on any atom is 0.181 e. The molecule has 0 aliphatic heterocycles. The fourth-order valence-electron chi connectivity index (χ4n) is 1.10. The molecule has 0 saturated carbocycles. The molecule has 2 rings (SSSR count). The van der Waals surface area contributed by atoms with Gasteiger partial charge in [-0.2, -0.15) is 0 Å². The normalized spacial score (nSPS) is 10.3. The van der Waals surface area contributed by atoms with Crippen LogP contribution in [0, 0.1) is 3.57 Å². The molecular weight excluding hydrogens is 323 g/mol. The van der Waals surface area contributed by atoms with Crippen LogP contribution in [-0.4, -0.2) is 21.5 Å². The van der Waals surface area contributed by atoms with Crippen molar-refractivity contribution < 1.29 is 0 Å². The van der Waals surface area contributed by atoms with E-state index < -0.39 is 0 Å². The zero-order chi connectivity index (χ0) is 10.7. The van der Waals surface area contributed by atoms with Crippen LogP contribution in [0.1, 0.15) is 6.92 Å². The molecule has 0 atom stereocenters. The predicted molar refractivity (Wildman–Crippen MR) is 70.0 cm³/mol. The van der Waals surface area contributed by atoms with Gasteiger partial charge in [-0.3, -0.25) is 0 Å². The van der Waals surface area contributed by atoms with Crippen LogP contribution in [0.4, 0.5) is 5.82 Å². The van der Waals surface area contributed by atoms with Crippen molar-refractivity contribution in [1.82, 2.24) is 15.0 Å². The number of aromatic nitrogens is 3. The molecule has 2 aromatic heterocycles. The third-order valence-electron chi connectivity index (χ3n) is 1.75. The minimum absolute atomic E-state index is 0.674. The molecule has 0 radical (unpaired) electrons. The number of anilines is 1.